The van der Waals surface area contributed by atoms with Crippen LogP contribution in [0.3, 0.4) is 0 Å². The fraction of sp³-hybridized carbons (Fsp3) is 0.375. The summed E-state index contributed by atoms with van der Waals surface area (Å²) in [4.78, 5) is 10.7. The molecule has 1 rings (SSSR count). The molecule has 1 aromatic heterocycles. The third-order valence-corrected chi connectivity index (χ3v) is 2.31. The first-order valence-electron chi connectivity index (χ1n) is 3.21. The van der Waals surface area contributed by atoms with Gasteiger partial charge >= 0.3 is 0 Å². The van der Waals surface area contributed by atoms with Crippen LogP contribution in [0.4, 0.5) is 0 Å². The van der Waals surface area contributed by atoms with Gasteiger partial charge in [-0.25, -0.2) is 0 Å². The van der Waals surface area contributed by atoms with Gasteiger partial charge in [0.1, 0.15) is 5.78 Å². The van der Waals surface area contributed by atoms with Crippen LogP contribution in [0.5, 0.6) is 0 Å². The molecule has 2 heteroatoms. The lowest BCUT2D eigenvalue weighted by Crippen LogP contribution is -1.95. The van der Waals surface area contributed by atoms with E-state index in [0.29, 0.717) is 6.42 Å². The van der Waals surface area contributed by atoms with E-state index < -0.39 is 0 Å². The van der Waals surface area contributed by atoms with E-state index in [1.165, 1.54) is 11.1 Å². The van der Waals surface area contributed by atoms with E-state index in [0.717, 1.165) is 0 Å². The molecule has 0 N–H and O–H groups in total. The monoisotopic (exact) mass is 154 g/mol. The molecule has 0 aromatic carbocycles. The van der Waals surface area contributed by atoms with Crippen LogP contribution in [0.25, 0.3) is 0 Å². The molecule has 0 atom stereocenters. The summed E-state index contributed by atoms with van der Waals surface area (Å²) in [5.41, 5.74) is 2.41. The van der Waals surface area contributed by atoms with Crippen molar-refractivity contribution in [1.29, 1.82) is 0 Å². The molecular formula is C8H10OS. The molecule has 0 aliphatic heterocycles. The van der Waals surface area contributed by atoms with E-state index in [2.05, 4.69) is 5.38 Å². The highest BCUT2D eigenvalue weighted by Crippen LogP contribution is 2.13. The molecule has 1 aromatic rings. The van der Waals surface area contributed by atoms with Gasteiger partial charge in [0.25, 0.3) is 0 Å². The summed E-state index contributed by atoms with van der Waals surface area (Å²) in [5.74, 6) is 0.238. The zero-order valence-electron chi connectivity index (χ0n) is 6.18. The Morgan fingerprint density at radius 3 is 2.70 bits per heavy atom. The maximum Gasteiger partial charge on any atom is 0.134 e. The van der Waals surface area contributed by atoms with Crippen LogP contribution in [-0.4, -0.2) is 5.78 Å². The Morgan fingerprint density at radius 2 is 2.30 bits per heavy atom. The molecule has 0 spiro atoms. The van der Waals surface area contributed by atoms with E-state index in [-0.39, 0.29) is 5.78 Å². The van der Waals surface area contributed by atoms with Gasteiger partial charge in [0, 0.05) is 6.42 Å². The van der Waals surface area contributed by atoms with Crippen molar-refractivity contribution in [2.45, 2.75) is 20.3 Å². The number of rotatable bonds is 2. The highest BCUT2D eigenvalue weighted by Gasteiger charge is 2.00. The van der Waals surface area contributed by atoms with Crippen LogP contribution in [0, 0.1) is 6.92 Å². The maximum absolute atomic E-state index is 10.7. The van der Waals surface area contributed by atoms with Crippen molar-refractivity contribution in [3.05, 3.63) is 21.9 Å². The Bertz CT molecular complexity index is 237. The summed E-state index contributed by atoms with van der Waals surface area (Å²) in [6.07, 6.45) is 0.593. The molecule has 0 saturated heterocycles. The molecule has 0 fully saturated rings. The van der Waals surface area contributed by atoms with Crippen molar-refractivity contribution in [2.24, 2.45) is 0 Å². The number of hydrogen-bond acceptors (Lipinski definition) is 2. The highest BCUT2D eigenvalue weighted by atomic mass is 32.1. The Balaban J connectivity index is 2.74. The van der Waals surface area contributed by atoms with Gasteiger partial charge < -0.3 is 0 Å². The van der Waals surface area contributed by atoms with Gasteiger partial charge in [0.05, 0.1) is 0 Å². The van der Waals surface area contributed by atoms with Gasteiger partial charge in [-0.15, -0.1) is 0 Å². The predicted octanol–water partition coefficient (Wildman–Crippen LogP) is 2.19. The maximum atomic E-state index is 10.7. The SMILES string of the molecule is CC(=O)Cc1cscc1C. The van der Waals surface area contributed by atoms with E-state index in [9.17, 15) is 4.79 Å². The molecule has 1 heterocycles. The molecule has 0 unspecified atom stereocenters. The Hall–Kier alpha value is -0.630. The topological polar surface area (TPSA) is 17.1 Å². The van der Waals surface area contributed by atoms with Crippen molar-refractivity contribution < 1.29 is 4.79 Å². The lowest BCUT2D eigenvalue weighted by atomic mass is 10.1. The summed E-state index contributed by atoms with van der Waals surface area (Å²) in [7, 11) is 0. The zero-order chi connectivity index (χ0) is 7.56. The number of carbonyl (C=O) groups excluding carboxylic acids is 1. The first kappa shape index (κ1) is 7.48. The van der Waals surface area contributed by atoms with Gasteiger partial charge in [-0.05, 0) is 35.7 Å². The average molecular weight is 154 g/mol. The molecule has 0 radical (unpaired) electrons. The second-order valence-electron chi connectivity index (χ2n) is 2.46. The third-order valence-electron chi connectivity index (χ3n) is 1.40. The molecule has 1 nitrogen and oxygen atoms in total. The van der Waals surface area contributed by atoms with Crippen molar-refractivity contribution in [3.8, 4) is 0 Å². The lowest BCUT2D eigenvalue weighted by Gasteiger charge is -1.92. The molecular weight excluding hydrogens is 144 g/mol. The number of hydrogen-bond donors (Lipinski definition) is 0. The largest absolute Gasteiger partial charge is 0.300 e. The quantitative estimate of drug-likeness (QED) is 0.638. The summed E-state index contributed by atoms with van der Waals surface area (Å²) in [6, 6.07) is 0. The normalized spacial score (nSPS) is 9.80. The summed E-state index contributed by atoms with van der Waals surface area (Å²) >= 11 is 1.66. The summed E-state index contributed by atoms with van der Waals surface area (Å²) in [6.45, 7) is 3.66. The smallest absolute Gasteiger partial charge is 0.134 e. The zero-order valence-corrected chi connectivity index (χ0v) is 6.99. The highest BCUT2D eigenvalue weighted by molar-refractivity contribution is 7.08. The van der Waals surface area contributed by atoms with Crippen LogP contribution >= 0.6 is 11.3 Å². The Morgan fingerprint density at radius 1 is 1.60 bits per heavy atom. The number of thiophene rings is 1. The Kier molecular flexibility index (Phi) is 2.22. The molecule has 0 aliphatic rings. The van der Waals surface area contributed by atoms with Crippen LogP contribution in [0.1, 0.15) is 18.1 Å². The van der Waals surface area contributed by atoms with E-state index in [4.69, 9.17) is 0 Å². The predicted molar refractivity (Wildman–Crippen MR) is 43.4 cm³/mol. The number of aryl methyl sites for hydroxylation is 1. The van der Waals surface area contributed by atoms with Crippen molar-refractivity contribution >= 4 is 17.1 Å². The molecule has 0 bridgehead atoms. The number of Topliss-reactive ketones (excluding diaryl/α,β-unsaturated/α-hetero) is 1. The van der Waals surface area contributed by atoms with Crippen LogP contribution in [-0.2, 0) is 11.2 Å². The molecule has 0 aliphatic carbocycles. The molecule has 0 amide bonds. The fourth-order valence-electron chi connectivity index (χ4n) is 0.836. The second-order valence-corrected chi connectivity index (χ2v) is 3.20. The molecule has 10 heavy (non-hydrogen) atoms. The van der Waals surface area contributed by atoms with Gasteiger partial charge in [-0.1, -0.05) is 0 Å². The van der Waals surface area contributed by atoms with E-state index >= 15 is 0 Å². The van der Waals surface area contributed by atoms with E-state index in [1.54, 1.807) is 18.3 Å². The minimum atomic E-state index is 0.238. The molecule has 0 saturated carbocycles. The minimum absolute atomic E-state index is 0.238. The lowest BCUT2D eigenvalue weighted by molar-refractivity contribution is -0.116. The van der Waals surface area contributed by atoms with Gasteiger partial charge in [-0.2, -0.15) is 11.3 Å². The van der Waals surface area contributed by atoms with Crippen molar-refractivity contribution in [3.63, 3.8) is 0 Å². The average Bonchev–Trinajstić information content (AvgIpc) is 2.15. The number of carbonyl (C=O) groups is 1. The van der Waals surface area contributed by atoms with Crippen LogP contribution in [0.15, 0.2) is 10.8 Å². The summed E-state index contributed by atoms with van der Waals surface area (Å²) < 4.78 is 0. The van der Waals surface area contributed by atoms with Gasteiger partial charge in [0.2, 0.25) is 0 Å². The van der Waals surface area contributed by atoms with Crippen molar-refractivity contribution in [2.75, 3.05) is 0 Å². The van der Waals surface area contributed by atoms with Gasteiger partial charge in [0.15, 0.2) is 0 Å². The molecule has 54 valence electrons. The van der Waals surface area contributed by atoms with Crippen molar-refractivity contribution in [1.82, 2.24) is 0 Å². The first-order valence-corrected chi connectivity index (χ1v) is 4.15. The summed E-state index contributed by atoms with van der Waals surface area (Å²) in [5, 5.41) is 4.11. The first-order chi connectivity index (χ1) is 4.70. The third kappa shape index (κ3) is 1.67. The second kappa shape index (κ2) is 2.97. The minimum Gasteiger partial charge on any atom is -0.300 e. The Labute approximate surface area is 64.7 Å². The van der Waals surface area contributed by atoms with Crippen LogP contribution < -0.4 is 0 Å². The number of ketones is 1. The van der Waals surface area contributed by atoms with E-state index in [1.807, 2.05) is 12.3 Å². The van der Waals surface area contributed by atoms with Crippen LogP contribution in [0.2, 0.25) is 0 Å². The fourth-order valence-corrected chi connectivity index (χ4v) is 1.69. The van der Waals surface area contributed by atoms with Gasteiger partial charge in [-0.3, -0.25) is 4.79 Å². The standard InChI is InChI=1S/C8H10OS/c1-6-4-10-5-8(6)3-7(2)9/h4-5H,3H2,1-2H3.